The first-order valence-corrected chi connectivity index (χ1v) is 10.9. The molecule has 0 saturated heterocycles. The van der Waals surface area contributed by atoms with Crippen LogP contribution in [0.4, 0.5) is 4.39 Å². The zero-order valence-corrected chi connectivity index (χ0v) is 19.1. The van der Waals surface area contributed by atoms with Crippen LogP contribution in [0.5, 0.6) is 5.88 Å². The normalized spacial score (nSPS) is 11.1. The lowest BCUT2D eigenvalue weighted by atomic mass is 10.0. The number of nitrogens with zero attached hydrogens (tertiary/aromatic N) is 6. The molecule has 5 aromatic rings. The Hall–Kier alpha value is -4.60. The number of esters is 1. The van der Waals surface area contributed by atoms with Crippen molar-refractivity contribution in [2.24, 2.45) is 0 Å². The maximum Gasteiger partial charge on any atom is 0.341 e. The Balaban J connectivity index is 1.43. The van der Waals surface area contributed by atoms with Gasteiger partial charge >= 0.3 is 5.97 Å². The summed E-state index contributed by atoms with van der Waals surface area (Å²) >= 11 is 0. The van der Waals surface area contributed by atoms with Crippen LogP contribution in [0.25, 0.3) is 28.1 Å². The van der Waals surface area contributed by atoms with Crippen LogP contribution in [-0.4, -0.2) is 49.2 Å². The summed E-state index contributed by atoms with van der Waals surface area (Å²) in [6, 6.07) is 14.3. The Morgan fingerprint density at radius 3 is 2.60 bits per heavy atom. The number of halogens is 1. The van der Waals surface area contributed by atoms with Crippen molar-refractivity contribution in [1.29, 1.82) is 0 Å². The van der Waals surface area contributed by atoms with E-state index in [1.165, 1.54) is 36.3 Å². The van der Waals surface area contributed by atoms with Gasteiger partial charge in [0, 0.05) is 6.20 Å². The Kier molecular flexibility index (Phi) is 5.92. The Bertz CT molecular complexity index is 1510. The van der Waals surface area contributed by atoms with E-state index in [-0.39, 0.29) is 18.4 Å². The molecule has 0 aliphatic rings. The van der Waals surface area contributed by atoms with Crippen LogP contribution >= 0.6 is 0 Å². The molecule has 5 rings (SSSR count). The summed E-state index contributed by atoms with van der Waals surface area (Å²) in [5.74, 6) is -0.174. The van der Waals surface area contributed by atoms with Gasteiger partial charge in [-0.2, -0.15) is 15.2 Å². The highest BCUT2D eigenvalue weighted by Crippen LogP contribution is 2.25. The van der Waals surface area contributed by atoms with Gasteiger partial charge in [-0.25, -0.2) is 18.9 Å². The number of methoxy groups -OCH3 is 1. The van der Waals surface area contributed by atoms with Crippen LogP contribution in [-0.2, 0) is 11.3 Å². The van der Waals surface area contributed by atoms with Gasteiger partial charge in [-0.3, -0.25) is 4.68 Å². The predicted molar refractivity (Wildman–Crippen MR) is 126 cm³/mol. The number of fused-ring (bicyclic) bond motifs is 1. The topological polar surface area (TPSA) is 97.0 Å². The number of hydrogen-bond donors (Lipinski definition) is 0. The molecule has 0 atom stereocenters. The average Bonchev–Trinajstić information content (AvgIpc) is 3.52. The van der Waals surface area contributed by atoms with E-state index in [0.717, 1.165) is 16.7 Å². The van der Waals surface area contributed by atoms with E-state index in [1.807, 2.05) is 30.3 Å². The fourth-order valence-corrected chi connectivity index (χ4v) is 3.71. The summed E-state index contributed by atoms with van der Waals surface area (Å²) in [6.07, 6.45) is 4.53. The van der Waals surface area contributed by atoms with Crippen molar-refractivity contribution >= 4 is 17.0 Å². The first kappa shape index (κ1) is 22.2. The third-order valence-corrected chi connectivity index (χ3v) is 5.38. The monoisotopic (exact) mass is 472 g/mol. The van der Waals surface area contributed by atoms with Gasteiger partial charge in [-0.1, -0.05) is 36.4 Å². The highest BCUT2D eigenvalue weighted by atomic mass is 19.1. The summed E-state index contributed by atoms with van der Waals surface area (Å²) < 4.78 is 27.2. The third-order valence-electron chi connectivity index (χ3n) is 5.38. The van der Waals surface area contributed by atoms with Crippen molar-refractivity contribution < 1.29 is 18.7 Å². The lowest BCUT2D eigenvalue weighted by molar-refractivity contribution is 0.0526. The molecule has 0 unspecified atom stereocenters. The molecule has 176 valence electrons. The lowest BCUT2D eigenvalue weighted by Gasteiger charge is -2.09. The maximum atomic E-state index is 13.5. The minimum atomic E-state index is -0.469. The molecule has 0 aliphatic carbocycles. The molecule has 10 heteroatoms. The molecule has 9 nitrogen and oxygen atoms in total. The van der Waals surface area contributed by atoms with Crippen molar-refractivity contribution in [3.05, 3.63) is 84.1 Å². The smallest absolute Gasteiger partial charge is 0.341 e. The van der Waals surface area contributed by atoms with Crippen LogP contribution in [0.2, 0.25) is 0 Å². The van der Waals surface area contributed by atoms with E-state index in [1.54, 1.807) is 23.9 Å². The van der Waals surface area contributed by atoms with E-state index in [9.17, 15) is 9.18 Å². The van der Waals surface area contributed by atoms with Gasteiger partial charge in [0.2, 0.25) is 5.88 Å². The largest absolute Gasteiger partial charge is 0.479 e. The highest BCUT2D eigenvalue weighted by molar-refractivity contribution is 5.88. The second-order valence-corrected chi connectivity index (χ2v) is 7.67. The molecule has 0 amide bonds. The predicted octanol–water partition coefficient (Wildman–Crippen LogP) is 4.05. The van der Waals surface area contributed by atoms with Crippen molar-refractivity contribution in [2.45, 2.75) is 13.5 Å². The Morgan fingerprint density at radius 2 is 1.86 bits per heavy atom. The summed E-state index contributed by atoms with van der Waals surface area (Å²) in [5.41, 5.74) is 4.22. The van der Waals surface area contributed by atoms with Gasteiger partial charge in [0.1, 0.15) is 16.9 Å². The standard InChI is InChI=1S/C25H21FN6O3/c1-3-35-24(33)19-12-27-32(15-19)25-29-21-13-28-31(22(21)23(30-25)34-2)14-16-7-9-17(10-8-16)18-5-4-6-20(26)11-18/h4-13,15H,3,14H2,1-2H3. The molecule has 2 aromatic carbocycles. The van der Waals surface area contributed by atoms with Crippen molar-refractivity contribution in [1.82, 2.24) is 29.5 Å². The number of hydrogen-bond acceptors (Lipinski definition) is 7. The number of ether oxygens (including phenoxy) is 2. The average molecular weight is 472 g/mol. The molecular weight excluding hydrogens is 451 g/mol. The molecule has 3 aromatic heterocycles. The summed E-state index contributed by atoms with van der Waals surface area (Å²) in [4.78, 5) is 20.9. The maximum absolute atomic E-state index is 13.5. The molecule has 0 aliphatic heterocycles. The van der Waals surface area contributed by atoms with E-state index in [4.69, 9.17) is 9.47 Å². The van der Waals surface area contributed by atoms with Crippen LogP contribution in [0.1, 0.15) is 22.8 Å². The van der Waals surface area contributed by atoms with E-state index in [2.05, 4.69) is 20.2 Å². The second kappa shape index (κ2) is 9.34. The van der Waals surface area contributed by atoms with Gasteiger partial charge < -0.3 is 9.47 Å². The van der Waals surface area contributed by atoms with Crippen LogP contribution in [0.3, 0.4) is 0 Å². The number of aromatic nitrogens is 6. The summed E-state index contributed by atoms with van der Waals surface area (Å²) in [5, 5.41) is 8.63. The number of carbonyl (C=O) groups excluding carboxylic acids is 1. The van der Waals surface area contributed by atoms with E-state index < -0.39 is 5.97 Å². The molecule has 0 spiro atoms. The molecule has 3 heterocycles. The van der Waals surface area contributed by atoms with Gasteiger partial charge in [0.15, 0.2) is 0 Å². The fraction of sp³-hybridized carbons (Fsp3) is 0.160. The van der Waals surface area contributed by atoms with Crippen molar-refractivity contribution in [3.8, 4) is 23.0 Å². The minimum Gasteiger partial charge on any atom is -0.479 e. The van der Waals surface area contributed by atoms with Gasteiger partial charge in [-0.15, -0.1) is 0 Å². The third kappa shape index (κ3) is 4.45. The molecule has 35 heavy (non-hydrogen) atoms. The zero-order chi connectivity index (χ0) is 24.4. The molecule has 0 bridgehead atoms. The SMILES string of the molecule is CCOC(=O)c1cnn(-c2nc(OC)c3c(cnn3Cc3ccc(-c4cccc(F)c4)cc3)n2)c1. The second-order valence-electron chi connectivity index (χ2n) is 7.67. The van der Waals surface area contributed by atoms with Crippen LogP contribution in [0.15, 0.2) is 67.1 Å². The van der Waals surface area contributed by atoms with Gasteiger partial charge in [-0.05, 0) is 35.7 Å². The van der Waals surface area contributed by atoms with E-state index >= 15 is 0 Å². The van der Waals surface area contributed by atoms with Crippen LogP contribution in [0, 0.1) is 5.82 Å². The zero-order valence-electron chi connectivity index (χ0n) is 19.1. The number of benzene rings is 2. The first-order chi connectivity index (χ1) is 17.1. The Labute approximate surface area is 199 Å². The molecule has 0 radical (unpaired) electrons. The molecule has 0 fully saturated rings. The molecule has 0 N–H and O–H groups in total. The van der Waals surface area contributed by atoms with Gasteiger partial charge in [0.25, 0.3) is 5.95 Å². The summed E-state index contributed by atoms with van der Waals surface area (Å²) in [6.45, 7) is 2.47. The van der Waals surface area contributed by atoms with Gasteiger partial charge in [0.05, 0.1) is 38.2 Å². The molecule has 0 saturated carbocycles. The highest BCUT2D eigenvalue weighted by Gasteiger charge is 2.17. The van der Waals surface area contributed by atoms with Crippen molar-refractivity contribution in [2.75, 3.05) is 13.7 Å². The summed E-state index contributed by atoms with van der Waals surface area (Å²) in [7, 11) is 1.52. The van der Waals surface area contributed by atoms with E-state index in [0.29, 0.717) is 29.0 Å². The van der Waals surface area contributed by atoms with Crippen LogP contribution < -0.4 is 4.74 Å². The fourth-order valence-electron chi connectivity index (χ4n) is 3.71. The quantitative estimate of drug-likeness (QED) is 0.330. The van der Waals surface area contributed by atoms with Crippen molar-refractivity contribution in [3.63, 3.8) is 0 Å². The first-order valence-electron chi connectivity index (χ1n) is 10.9. The molecular formula is C25H21FN6O3. The Morgan fingerprint density at radius 1 is 1.03 bits per heavy atom. The minimum absolute atomic E-state index is 0.240. The number of rotatable bonds is 7. The number of carbonyl (C=O) groups is 1. The lowest BCUT2D eigenvalue weighted by Crippen LogP contribution is -2.07.